The first-order valence-corrected chi connectivity index (χ1v) is 8.62. The van der Waals surface area contributed by atoms with E-state index in [1.807, 2.05) is 13.8 Å². The number of hydrogen-bond donors (Lipinski definition) is 0. The van der Waals surface area contributed by atoms with E-state index in [-0.39, 0.29) is 6.10 Å². The van der Waals surface area contributed by atoms with Crippen molar-refractivity contribution in [2.75, 3.05) is 0 Å². The van der Waals surface area contributed by atoms with Gasteiger partial charge >= 0.3 is 0 Å². The van der Waals surface area contributed by atoms with Gasteiger partial charge in [-0.2, -0.15) is 10.2 Å². The van der Waals surface area contributed by atoms with E-state index < -0.39 is 0 Å². The summed E-state index contributed by atoms with van der Waals surface area (Å²) in [6.45, 7) is 11.8. The highest BCUT2D eigenvalue weighted by molar-refractivity contribution is 5.76. The molecule has 0 aliphatic heterocycles. The zero-order valence-electron chi connectivity index (χ0n) is 15.1. The van der Waals surface area contributed by atoms with Crippen LogP contribution in [0.1, 0.15) is 44.5 Å². The van der Waals surface area contributed by atoms with Gasteiger partial charge in [0.25, 0.3) is 5.89 Å². The van der Waals surface area contributed by atoms with Crippen molar-refractivity contribution in [2.45, 2.75) is 39.2 Å². The molecule has 0 spiro atoms. The summed E-state index contributed by atoms with van der Waals surface area (Å²) in [5.74, 6) is 1.39. The number of hydrogen-bond acceptors (Lipinski definition) is 5. The zero-order chi connectivity index (χ0) is 18.7. The lowest BCUT2D eigenvalue weighted by Gasteiger charge is -2.11. The highest BCUT2D eigenvalue weighted by Crippen LogP contribution is 2.35. The van der Waals surface area contributed by atoms with Gasteiger partial charge in [0.2, 0.25) is 5.82 Å². The van der Waals surface area contributed by atoms with Crippen molar-refractivity contribution in [3.8, 4) is 23.3 Å². The topological polar surface area (TPSA) is 71.9 Å². The summed E-state index contributed by atoms with van der Waals surface area (Å²) in [6.07, 6.45) is 4.74. The Hall–Kier alpha value is -3.13. The molecular formula is C21H21N3O2. The molecule has 0 radical (unpaired) electrons. The van der Waals surface area contributed by atoms with E-state index in [0.717, 1.165) is 36.0 Å². The Morgan fingerprint density at radius 2 is 2.19 bits per heavy atom. The Labute approximate surface area is 153 Å². The van der Waals surface area contributed by atoms with E-state index >= 15 is 0 Å². The molecule has 5 nitrogen and oxygen atoms in total. The average molecular weight is 347 g/mol. The molecule has 1 aromatic carbocycles. The van der Waals surface area contributed by atoms with Gasteiger partial charge in [0, 0.05) is 11.1 Å². The normalized spacial score (nSPS) is 15.8. The van der Waals surface area contributed by atoms with Crippen molar-refractivity contribution in [3.63, 3.8) is 0 Å². The number of ether oxygens (including phenoxy) is 1. The first-order chi connectivity index (χ1) is 12.5. The number of benzene rings is 1. The standard InChI is InChI=1S/C21H21N3O2/c1-5-17(18-8-6-7-14(18)4)20-23-21(26-24-20)15-9-10-16(12-22)19(11-15)25-13(2)3/h5,9-11,13H,1,4,6-8H2,2-3H3/b18-17+. The molecule has 1 heterocycles. The fourth-order valence-electron chi connectivity index (χ4n) is 3.03. The molecule has 0 amide bonds. The number of rotatable bonds is 5. The molecule has 5 heteroatoms. The summed E-state index contributed by atoms with van der Waals surface area (Å²) < 4.78 is 11.2. The summed E-state index contributed by atoms with van der Waals surface area (Å²) in [4.78, 5) is 4.52. The van der Waals surface area contributed by atoms with Crippen molar-refractivity contribution in [2.24, 2.45) is 0 Å². The SMILES string of the molecule is C=C/C(=C1/CCCC1=C)c1noc(-c2ccc(C#N)c(OC(C)C)c2)n1. The lowest BCUT2D eigenvalue weighted by atomic mass is 10.0. The predicted octanol–water partition coefficient (Wildman–Crippen LogP) is 5.08. The second kappa shape index (κ2) is 7.40. The van der Waals surface area contributed by atoms with Gasteiger partial charge in [-0.25, -0.2) is 0 Å². The molecule has 1 saturated carbocycles. The number of nitrogens with zero attached hydrogens (tertiary/aromatic N) is 3. The first-order valence-electron chi connectivity index (χ1n) is 8.62. The quantitative estimate of drug-likeness (QED) is 0.754. The molecule has 1 aromatic heterocycles. The zero-order valence-corrected chi connectivity index (χ0v) is 15.1. The lowest BCUT2D eigenvalue weighted by molar-refractivity contribution is 0.242. The Kier molecular flexibility index (Phi) is 5.04. The molecule has 132 valence electrons. The van der Waals surface area contributed by atoms with Gasteiger partial charge in [-0.1, -0.05) is 30.0 Å². The Bertz CT molecular complexity index is 929. The van der Waals surface area contributed by atoms with Crippen LogP contribution in [0.25, 0.3) is 17.0 Å². The fourth-order valence-corrected chi connectivity index (χ4v) is 3.03. The van der Waals surface area contributed by atoms with Gasteiger partial charge < -0.3 is 9.26 Å². The van der Waals surface area contributed by atoms with Gasteiger partial charge in [0.1, 0.15) is 11.8 Å². The van der Waals surface area contributed by atoms with E-state index in [0.29, 0.717) is 28.6 Å². The van der Waals surface area contributed by atoms with Crippen LogP contribution in [-0.2, 0) is 0 Å². The van der Waals surface area contributed by atoms with Crippen LogP contribution in [0.4, 0.5) is 0 Å². The van der Waals surface area contributed by atoms with Crippen molar-refractivity contribution in [3.05, 3.63) is 60.0 Å². The van der Waals surface area contributed by atoms with Crippen molar-refractivity contribution in [1.82, 2.24) is 10.1 Å². The van der Waals surface area contributed by atoms with E-state index in [1.54, 1.807) is 24.3 Å². The van der Waals surface area contributed by atoms with Gasteiger partial charge in [0.05, 0.1) is 11.7 Å². The molecule has 1 fully saturated rings. The summed E-state index contributed by atoms with van der Waals surface area (Å²) >= 11 is 0. The average Bonchev–Trinajstić information content (AvgIpc) is 3.25. The predicted molar refractivity (Wildman–Crippen MR) is 100 cm³/mol. The summed E-state index contributed by atoms with van der Waals surface area (Å²) in [6, 6.07) is 7.36. The van der Waals surface area contributed by atoms with E-state index in [2.05, 4.69) is 29.4 Å². The maximum absolute atomic E-state index is 9.24. The molecule has 2 aromatic rings. The number of nitriles is 1. The molecule has 1 aliphatic rings. The van der Waals surface area contributed by atoms with E-state index in [4.69, 9.17) is 9.26 Å². The molecular weight excluding hydrogens is 326 g/mol. The minimum atomic E-state index is -0.0407. The Morgan fingerprint density at radius 3 is 2.81 bits per heavy atom. The second-order valence-corrected chi connectivity index (χ2v) is 6.47. The molecule has 3 rings (SSSR count). The van der Waals surface area contributed by atoms with Crippen molar-refractivity contribution >= 4 is 5.57 Å². The van der Waals surface area contributed by atoms with Crippen LogP contribution in [0.2, 0.25) is 0 Å². The molecule has 0 N–H and O–H groups in total. The first kappa shape index (κ1) is 17.7. The van der Waals surface area contributed by atoms with Gasteiger partial charge in [-0.3, -0.25) is 0 Å². The Balaban J connectivity index is 1.99. The minimum Gasteiger partial charge on any atom is -0.490 e. The molecule has 26 heavy (non-hydrogen) atoms. The smallest absolute Gasteiger partial charge is 0.258 e. The van der Waals surface area contributed by atoms with Gasteiger partial charge in [0.15, 0.2) is 0 Å². The largest absolute Gasteiger partial charge is 0.490 e. The van der Waals surface area contributed by atoms with E-state index in [9.17, 15) is 5.26 Å². The maximum Gasteiger partial charge on any atom is 0.258 e. The fraction of sp³-hybridized carbons (Fsp3) is 0.286. The van der Waals surface area contributed by atoms with Crippen molar-refractivity contribution in [1.29, 1.82) is 5.26 Å². The van der Waals surface area contributed by atoms with Crippen LogP contribution in [0.3, 0.4) is 0 Å². The van der Waals surface area contributed by atoms with Crippen LogP contribution in [0.15, 0.2) is 53.1 Å². The third-order valence-electron chi connectivity index (χ3n) is 4.24. The minimum absolute atomic E-state index is 0.0407. The second-order valence-electron chi connectivity index (χ2n) is 6.47. The van der Waals surface area contributed by atoms with Crippen molar-refractivity contribution < 1.29 is 9.26 Å². The van der Waals surface area contributed by atoms with Crippen LogP contribution in [0, 0.1) is 11.3 Å². The number of aromatic nitrogens is 2. The summed E-state index contributed by atoms with van der Waals surface area (Å²) in [7, 11) is 0. The number of allylic oxidation sites excluding steroid dienone is 4. The molecule has 0 atom stereocenters. The third kappa shape index (κ3) is 3.45. The lowest BCUT2D eigenvalue weighted by Crippen LogP contribution is -2.06. The van der Waals surface area contributed by atoms with E-state index in [1.165, 1.54) is 0 Å². The summed E-state index contributed by atoms with van der Waals surface area (Å²) in [5, 5.41) is 13.4. The Morgan fingerprint density at radius 1 is 1.38 bits per heavy atom. The van der Waals surface area contributed by atoms with Crippen LogP contribution >= 0.6 is 0 Å². The molecule has 0 bridgehead atoms. The van der Waals surface area contributed by atoms with Crippen LogP contribution in [0.5, 0.6) is 5.75 Å². The third-order valence-corrected chi connectivity index (χ3v) is 4.24. The molecule has 0 unspecified atom stereocenters. The van der Waals surface area contributed by atoms with Crippen LogP contribution < -0.4 is 4.74 Å². The monoisotopic (exact) mass is 347 g/mol. The highest BCUT2D eigenvalue weighted by Gasteiger charge is 2.20. The van der Waals surface area contributed by atoms with Gasteiger partial charge in [-0.05, 0) is 56.9 Å². The molecule has 0 saturated heterocycles. The maximum atomic E-state index is 9.24. The highest BCUT2D eigenvalue weighted by atomic mass is 16.5. The molecule has 1 aliphatic carbocycles. The van der Waals surface area contributed by atoms with Gasteiger partial charge in [-0.15, -0.1) is 0 Å². The summed E-state index contributed by atoms with van der Waals surface area (Å²) in [5.41, 5.74) is 4.30. The van der Waals surface area contributed by atoms with Crippen LogP contribution in [-0.4, -0.2) is 16.2 Å².